The Hall–Kier alpha value is -0.610. The predicted octanol–water partition coefficient (Wildman–Crippen LogP) is 3.30. The highest BCUT2D eigenvalue weighted by Gasteiger charge is 2.33. The maximum Gasteiger partial charge on any atom is 0.185 e. The summed E-state index contributed by atoms with van der Waals surface area (Å²) in [5.41, 5.74) is 0. The van der Waals surface area contributed by atoms with Gasteiger partial charge in [0.2, 0.25) is 0 Å². The lowest BCUT2D eigenvalue weighted by atomic mass is 10.3. The van der Waals surface area contributed by atoms with E-state index in [-0.39, 0.29) is 0 Å². The maximum atomic E-state index is 4.56. The van der Waals surface area contributed by atoms with Gasteiger partial charge in [0.25, 0.3) is 0 Å². The standard InChI is InChI=1S/C14H25N3S/c1-5-6-15-11(3)13-8-16-14(18-13)17(4)9-12-7-10(12)2/h8,10-12,15H,5-7,9H2,1-4H3. The molecule has 0 amide bonds. The van der Waals surface area contributed by atoms with Gasteiger partial charge in [-0.25, -0.2) is 4.98 Å². The van der Waals surface area contributed by atoms with Gasteiger partial charge in [0.15, 0.2) is 5.13 Å². The molecule has 1 fully saturated rings. The smallest absolute Gasteiger partial charge is 0.185 e. The molecule has 0 spiro atoms. The van der Waals surface area contributed by atoms with Gasteiger partial charge >= 0.3 is 0 Å². The molecule has 0 bridgehead atoms. The highest BCUT2D eigenvalue weighted by Crippen LogP contribution is 2.39. The van der Waals surface area contributed by atoms with Crippen molar-refractivity contribution >= 4 is 16.5 Å². The van der Waals surface area contributed by atoms with Gasteiger partial charge in [-0.2, -0.15) is 0 Å². The second-order valence-corrected chi connectivity index (χ2v) is 6.62. The van der Waals surface area contributed by atoms with Gasteiger partial charge in [0, 0.05) is 30.7 Å². The molecule has 1 saturated carbocycles. The zero-order chi connectivity index (χ0) is 13.1. The Bertz CT molecular complexity index is 377. The number of hydrogen-bond donors (Lipinski definition) is 1. The Balaban J connectivity index is 1.88. The van der Waals surface area contributed by atoms with Crippen molar-refractivity contribution in [3.63, 3.8) is 0 Å². The topological polar surface area (TPSA) is 28.2 Å². The number of aromatic nitrogens is 1. The van der Waals surface area contributed by atoms with Crippen LogP contribution in [0.2, 0.25) is 0 Å². The van der Waals surface area contributed by atoms with E-state index in [4.69, 9.17) is 0 Å². The molecular formula is C14H25N3S. The summed E-state index contributed by atoms with van der Waals surface area (Å²) >= 11 is 1.82. The number of anilines is 1. The third-order valence-corrected chi connectivity index (χ3v) is 5.04. The van der Waals surface area contributed by atoms with Gasteiger partial charge in [-0.3, -0.25) is 0 Å². The summed E-state index contributed by atoms with van der Waals surface area (Å²) in [6.45, 7) is 8.98. The summed E-state index contributed by atoms with van der Waals surface area (Å²) in [5.74, 6) is 1.80. The van der Waals surface area contributed by atoms with E-state index in [1.165, 1.54) is 17.7 Å². The van der Waals surface area contributed by atoms with Gasteiger partial charge in [0.05, 0.1) is 0 Å². The predicted molar refractivity (Wildman–Crippen MR) is 79.4 cm³/mol. The van der Waals surface area contributed by atoms with E-state index in [9.17, 15) is 0 Å². The van der Waals surface area contributed by atoms with Crippen molar-refractivity contribution in [2.45, 2.75) is 39.7 Å². The molecule has 0 radical (unpaired) electrons. The molecule has 4 heteroatoms. The molecule has 1 aliphatic carbocycles. The van der Waals surface area contributed by atoms with Gasteiger partial charge in [-0.05, 0) is 38.1 Å². The van der Waals surface area contributed by atoms with Crippen LogP contribution < -0.4 is 10.2 Å². The SMILES string of the molecule is CCCNC(C)c1cnc(N(C)CC2CC2C)s1. The third-order valence-electron chi connectivity index (χ3n) is 3.75. The highest BCUT2D eigenvalue weighted by molar-refractivity contribution is 7.15. The second kappa shape index (κ2) is 6.02. The Morgan fingerprint density at radius 2 is 2.33 bits per heavy atom. The van der Waals surface area contributed by atoms with Crippen LogP contribution in [0.3, 0.4) is 0 Å². The van der Waals surface area contributed by atoms with E-state index >= 15 is 0 Å². The van der Waals surface area contributed by atoms with Crippen molar-refractivity contribution in [2.75, 3.05) is 25.0 Å². The second-order valence-electron chi connectivity index (χ2n) is 5.57. The Kier molecular flexibility index (Phi) is 4.62. The van der Waals surface area contributed by atoms with Crippen LogP contribution in [0.5, 0.6) is 0 Å². The lowest BCUT2D eigenvalue weighted by molar-refractivity contribution is 0.577. The van der Waals surface area contributed by atoms with E-state index in [0.717, 1.165) is 30.1 Å². The molecule has 18 heavy (non-hydrogen) atoms. The Morgan fingerprint density at radius 1 is 1.61 bits per heavy atom. The molecule has 0 aromatic carbocycles. The molecule has 1 N–H and O–H groups in total. The average Bonchev–Trinajstić information content (AvgIpc) is 2.85. The van der Waals surface area contributed by atoms with Gasteiger partial charge in [-0.15, -0.1) is 11.3 Å². The van der Waals surface area contributed by atoms with E-state index in [0.29, 0.717) is 6.04 Å². The van der Waals surface area contributed by atoms with E-state index in [1.807, 2.05) is 17.5 Å². The van der Waals surface area contributed by atoms with Crippen LogP contribution in [0, 0.1) is 11.8 Å². The first-order chi connectivity index (χ1) is 8.61. The third kappa shape index (κ3) is 3.45. The van der Waals surface area contributed by atoms with Crippen LogP contribution in [0.1, 0.15) is 44.5 Å². The first kappa shape index (κ1) is 13.8. The summed E-state index contributed by atoms with van der Waals surface area (Å²) in [7, 11) is 2.16. The largest absolute Gasteiger partial charge is 0.351 e. The minimum absolute atomic E-state index is 0.421. The Morgan fingerprint density at radius 3 is 2.94 bits per heavy atom. The molecule has 0 saturated heterocycles. The van der Waals surface area contributed by atoms with Crippen molar-refractivity contribution in [3.05, 3.63) is 11.1 Å². The van der Waals surface area contributed by atoms with E-state index < -0.39 is 0 Å². The lowest BCUT2D eigenvalue weighted by Crippen LogP contribution is -2.20. The van der Waals surface area contributed by atoms with E-state index in [2.05, 4.69) is 43.0 Å². The normalized spacial score (nSPS) is 24.0. The molecule has 1 aliphatic rings. The molecule has 3 atom stereocenters. The summed E-state index contributed by atoms with van der Waals surface area (Å²) in [5, 5.41) is 4.67. The van der Waals surface area contributed by atoms with Gasteiger partial charge < -0.3 is 10.2 Å². The molecule has 1 aromatic rings. The molecule has 3 nitrogen and oxygen atoms in total. The summed E-state index contributed by atoms with van der Waals surface area (Å²) in [6.07, 6.45) is 4.59. The quantitative estimate of drug-likeness (QED) is 0.821. The number of nitrogens with one attached hydrogen (secondary N) is 1. The first-order valence-electron chi connectivity index (χ1n) is 7.02. The monoisotopic (exact) mass is 267 g/mol. The number of nitrogens with zero attached hydrogens (tertiary/aromatic N) is 2. The number of thiazole rings is 1. The van der Waals surface area contributed by atoms with Gasteiger partial charge in [-0.1, -0.05) is 13.8 Å². The average molecular weight is 267 g/mol. The number of rotatable bonds is 7. The van der Waals surface area contributed by atoms with Crippen molar-refractivity contribution in [1.82, 2.24) is 10.3 Å². The number of hydrogen-bond acceptors (Lipinski definition) is 4. The van der Waals surface area contributed by atoms with E-state index in [1.54, 1.807) is 0 Å². The summed E-state index contributed by atoms with van der Waals surface area (Å²) in [4.78, 5) is 8.21. The molecule has 3 unspecified atom stereocenters. The van der Waals surface area contributed by atoms with Crippen LogP contribution in [0.4, 0.5) is 5.13 Å². The minimum atomic E-state index is 0.421. The Labute approximate surface area is 115 Å². The van der Waals surface area contributed by atoms with Crippen LogP contribution in [-0.4, -0.2) is 25.1 Å². The fourth-order valence-corrected chi connectivity index (χ4v) is 3.11. The van der Waals surface area contributed by atoms with Crippen LogP contribution in [-0.2, 0) is 0 Å². The molecule has 102 valence electrons. The highest BCUT2D eigenvalue weighted by atomic mass is 32.1. The summed E-state index contributed by atoms with van der Waals surface area (Å²) in [6, 6.07) is 0.421. The first-order valence-corrected chi connectivity index (χ1v) is 7.83. The summed E-state index contributed by atoms with van der Waals surface area (Å²) < 4.78 is 0. The van der Waals surface area contributed by atoms with Crippen LogP contribution in [0.25, 0.3) is 0 Å². The van der Waals surface area contributed by atoms with Crippen molar-refractivity contribution in [3.8, 4) is 0 Å². The zero-order valence-corrected chi connectivity index (χ0v) is 12.8. The molecule has 1 heterocycles. The minimum Gasteiger partial charge on any atom is -0.351 e. The molecule has 2 rings (SSSR count). The fourth-order valence-electron chi connectivity index (χ4n) is 2.20. The maximum absolute atomic E-state index is 4.56. The molecule has 1 aromatic heterocycles. The van der Waals surface area contributed by atoms with Crippen LogP contribution >= 0.6 is 11.3 Å². The molecule has 0 aliphatic heterocycles. The zero-order valence-electron chi connectivity index (χ0n) is 11.9. The van der Waals surface area contributed by atoms with Gasteiger partial charge in [0.1, 0.15) is 0 Å². The molecular weight excluding hydrogens is 242 g/mol. The van der Waals surface area contributed by atoms with Crippen molar-refractivity contribution in [2.24, 2.45) is 11.8 Å². The van der Waals surface area contributed by atoms with Crippen molar-refractivity contribution < 1.29 is 0 Å². The van der Waals surface area contributed by atoms with Crippen LogP contribution in [0.15, 0.2) is 6.20 Å². The fraction of sp³-hybridized carbons (Fsp3) is 0.786. The van der Waals surface area contributed by atoms with Crippen molar-refractivity contribution in [1.29, 1.82) is 0 Å². The lowest BCUT2D eigenvalue weighted by Gasteiger charge is -2.15.